The smallest absolute Gasteiger partial charge is 0.291 e. The number of carbonyl (C=O) groups is 1. The average Bonchev–Trinajstić information content (AvgIpc) is 3.33. The highest BCUT2D eigenvalue weighted by Gasteiger charge is 2.14. The molecule has 6 heteroatoms. The Bertz CT molecular complexity index is 1040. The third-order valence-corrected chi connectivity index (χ3v) is 6.02. The summed E-state index contributed by atoms with van der Waals surface area (Å²) in [6, 6.07) is 19.5. The van der Waals surface area contributed by atoms with E-state index in [0.717, 1.165) is 56.3 Å². The van der Waals surface area contributed by atoms with Crippen molar-refractivity contribution < 1.29 is 18.7 Å². The van der Waals surface area contributed by atoms with Crippen LogP contribution in [0.15, 0.2) is 65.1 Å². The van der Waals surface area contributed by atoms with Crippen LogP contribution in [0, 0.1) is 0 Å². The van der Waals surface area contributed by atoms with Crippen LogP contribution in [0.1, 0.15) is 53.6 Å². The van der Waals surface area contributed by atoms with Crippen LogP contribution >= 0.6 is 0 Å². The molecule has 1 amide bonds. The van der Waals surface area contributed by atoms with E-state index in [-0.39, 0.29) is 18.3 Å². The Morgan fingerprint density at radius 1 is 1.09 bits per heavy atom. The van der Waals surface area contributed by atoms with Gasteiger partial charge in [0.25, 0.3) is 5.91 Å². The number of hydrogen-bond donors (Lipinski definition) is 1. The van der Waals surface area contributed by atoms with E-state index in [0.29, 0.717) is 11.7 Å². The third-order valence-electron chi connectivity index (χ3n) is 6.02. The second-order valence-corrected chi connectivity index (χ2v) is 8.48. The minimum Gasteiger partial charge on any atom is -0.486 e. The molecular weight excluding hydrogens is 416 g/mol. The third kappa shape index (κ3) is 6.46. The fourth-order valence-corrected chi connectivity index (χ4v) is 3.82. The number of ether oxygens (including phenoxy) is 2. The Morgan fingerprint density at radius 2 is 1.88 bits per heavy atom. The van der Waals surface area contributed by atoms with E-state index >= 15 is 0 Å². The van der Waals surface area contributed by atoms with Gasteiger partial charge in [0, 0.05) is 25.3 Å². The van der Waals surface area contributed by atoms with Crippen molar-refractivity contribution in [3.05, 3.63) is 83.3 Å². The highest BCUT2D eigenvalue weighted by atomic mass is 16.5. The zero-order valence-electron chi connectivity index (χ0n) is 19.4. The zero-order chi connectivity index (χ0) is 23.0. The minimum absolute atomic E-state index is 0.263. The molecular formula is C27H32N2O4. The number of anilines is 1. The van der Waals surface area contributed by atoms with Gasteiger partial charge in [-0.15, -0.1) is 0 Å². The van der Waals surface area contributed by atoms with Crippen molar-refractivity contribution in [2.45, 2.75) is 39.3 Å². The van der Waals surface area contributed by atoms with Crippen LogP contribution in [0.25, 0.3) is 0 Å². The molecule has 0 spiro atoms. The molecule has 0 saturated carbocycles. The van der Waals surface area contributed by atoms with Crippen LogP contribution in [-0.2, 0) is 17.9 Å². The molecule has 1 aromatic heterocycles. The maximum Gasteiger partial charge on any atom is 0.291 e. The molecule has 0 bridgehead atoms. The molecule has 1 aliphatic heterocycles. The lowest BCUT2D eigenvalue weighted by atomic mass is 9.99. The quantitative estimate of drug-likeness (QED) is 0.471. The van der Waals surface area contributed by atoms with E-state index in [1.165, 1.54) is 5.56 Å². The van der Waals surface area contributed by atoms with Gasteiger partial charge in [-0.3, -0.25) is 9.69 Å². The lowest BCUT2D eigenvalue weighted by Gasteiger charge is -2.26. The monoisotopic (exact) mass is 448 g/mol. The fraction of sp³-hybridized carbons (Fsp3) is 0.370. The normalized spacial score (nSPS) is 15.2. The largest absolute Gasteiger partial charge is 0.486 e. The van der Waals surface area contributed by atoms with Crippen molar-refractivity contribution in [1.29, 1.82) is 0 Å². The molecule has 2 aromatic carbocycles. The number of furan rings is 1. The molecule has 0 aliphatic carbocycles. The summed E-state index contributed by atoms with van der Waals surface area (Å²) >= 11 is 0. The zero-order valence-corrected chi connectivity index (χ0v) is 19.4. The van der Waals surface area contributed by atoms with Crippen molar-refractivity contribution in [3.8, 4) is 5.75 Å². The number of benzene rings is 2. The van der Waals surface area contributed by atoms with Crippen LogP contribution < -0.4 is 10.1 Å². The van der Waals surface area contributed by atoms with Crippen molar-refractivity contribution in [2.75, 3.05) is 31.6 Å². The maximum atomic E-state index is 12.7. The van der Waals surface area contributed by atoms with Crippen LogP contribution in [0.5, 0.6) is 5.75 Å². The standard InChI is InChI=1S/C27H32N2O4/c1-3-20(2)22-7-9-24(10-8-22)32-19-25-11-12-26(33-25)27(30)28-23-6-4-5-21(17-23)18-29-13-15-31-16-14-29/h4-12,17,20H,3,13-16,18-19H2,1-2H3,(H,28,30). The Morgan fingerprint density at radius 3 is 2.64 bits per heavy atom. The molecule has 1 aliphatic rings. The second kappa shape index (κ2) is 11.2. The summed E-state index contributed by atoms with van der Waals surface area (Å²) in [7, 11) is 0. The van der Waals surface area contributed by atoms with Crippen molar-refractivity contribution in [2.24, 2.45) is 0 Å². The molecule has 1 unspecified atom stereocenters. The van der Waals surface area contributed by atoms with E-state index in [1.807, 2.05) is 30.3 Å². The Labute approximate surface area is 195 Å². The summed E-state index contributed by atoms with van der Waals surface area (Å²) in [6.45, 7) is 8.90. The highest BCUT2D eigenvalue weighted by Crippen LogP contribution is 2.22. The van der Waals surface area contributed by atoms with Crippen LogP contribution in [0.2, 0.25) is 0 Å². The predicted octanol–water partition coefficient (Wildman–Crippen LogP) is 5.46. The number of rotatable bonds is 9. The summed E-state index contributed by atoms with van der Waals surface area (Å²) in [5.74, 6) is 1.90. The number of carbonyl (C=O) groups excluding carboxylic acids is 1. The van der Waals surface area contributed by atoms with Crippen LogP contribution in [0.3, 0.4) is 0 Å². The molecule has 1 saturated heterocycles. The van der Waals surface area contributed by atoms with Gasteiger partial charge in [-0.1, -0.05) is 38.1 Å². The summed E-state index contributed by atoms with van der Waals surface area (Å²) < 4.78 is 16.9. The number of amides is 1. The maximum absolute atomic E-state index is 12.7. The summed E-state index contributed by atoms with van der Waals surface area (Å²) in [5, 5.41) is 2.93. The Kier molecular flexibility index (Phi) is 7.81. The fourth-order valence-electron chi connectivity index (χ4n) is 3.82. The van der Waals surface area contributed by atoms with Gasteiger partial charge in [0.2, 0.25) is 0 Å². The molecule has 2 heterocycles. The van der Waals surface area contributed by atoms with E-state index < -0.39 is 0 Å². The van der Waals surface area contributed by atoms with Gasteiger partial charge < -0.3 is 19.2 Å². The molecule has 1 N–H and O–H groups in total. The van der Waals surface area contributed by atoms with Gasteiger partial charge in [-0.25, -0.2) is 0 Å². The SMILES string of the molecule is CCC(C)c1ccc(OCc2ccc(C(=O)Nc3cccc(CN4CCOCC4)c3)o2)cc1. The predicted molar refractivity (Wildman–Crippen MR) is 129 cm³/mol. The number of morpholine rings is 1. The topological polar surface area (TPSA) is 63.9 Å². The number of hydrogen-bond acceptors (Lipinski definition) is 5. The second-order valence-electron chi connectivity index (χ2n) is 8.48. The molecule has 0 radical (unpaired) electrons. The number of nitrogens with zero attached hydrogens (tertiary/aromatic N) is 1. The number of nitrogens with one attached hydrogen (secondary N) is 1. The average molecular weight is 449 g/mol. The van der Waals surface area contributed by atoms with E-state index in [1.54, 1.807) is 12.1 Å². The lowest BCUT2D eigenvalue weighted by Crippen LogP contribution is -2.35. The van der Waals surface area contributed by atoms with Gasteiger partial charge in [-0.05, 0) is 59.9 Å². The van der Waals surface area contributed by atoms with Gasteiger partial charge in [0.15, 0.2) is 5.76 Å². The van der Waals surface area contributed by atoms with Crippen LogP contribution in [-0.4, -0.2) is 37.1 Å². The Balaban J connectivity index is 1.30. The van der Waals surface area contributed by atoms with Crippen molar-refractivity contribution in [3.63, 3.8) is 0 Å². The first kappa shape index (κ1) is 23.1. The summed E-state index contributed by atoms with van der Waals surface area (Å²) in [4.78, 5) is 15.0. The summed E-state index contributed by atoms with van der Waals surface area (Å²) in [5.41, 5.74) is 3.21. The first-order valence-corrected chi connectivity index (χ1v) is 11.6. The highest BCUT2D eigenvalue weighted by molar-refractivity contribution is 6.02. The molecule has 33 heavy (non-hydrogen) atoms. The lowest BCUT2D eigenvalue weighted by molar-refractivity contribution is 0.0342. The van der Waals surface area contributed by atoms with Gasteiger partial charge in [0.05, 0.1) is 13.2 Å². The Hall–Kier alpha value is -3.09. The van der Waals surface area contributed by atoms with E-state index in [2.05, 4.69) is 42.3 Å². The van der Waals surface area contributed by atoms with Crippen molar-refractivity contribution >= 4 is 11.6 Å². The van der Waals surface area contributed by atoms with E-state index in [4.69, 9.17) is 13.9 Å². The van der Waals surface area contributed by atoms with Gasteiger partial charge in [0.1, 0.15) is 18.1 Å². The first-order valence-electron chi connectivity index (χ1n) is 11.6. The molecule has 1 fully saturated rings. The molecule has 174 valence electrons. The van der Waals surface area contributed by atoms with Crippen LogP contribution in [0.4, 0.5) is 5.69 Å². The molecule has 3 aromatic rings. The molecule has 4 rings (SSSR count). The first-order chi connectivity index (χ1) is 16.1. The molecule has 1 atom stereocenters. The molecule has 6 nitrogen and oxygen atoms in total. The van der Waals surface area contributed by atoms with Crippen molar-refractivity contribution in [1.82, 2.24) is 4.90 Å². The van der Waals surface area contributed by atoms with E-state index in [9.17, 15) is 4.79 Å². The minimum atomic E-state index is -0.275. The van der Waals surface area contributed by atoms with Gasteiger partial charge in [-0.2, -0.15) is 0 Å². The van der Waals surface area contributed by atoms with Gasteiger partial charge >= 0.3 is 0 Å². The summed E-state index contributed by atoms with van der Waals surface area (Å²) in [6.07, 6.45) is 1.11.